The van der Waals surface area contributed by atoms with Gasteiger partial charge in [-0.2, -0.15) is 10.2 Å². The minimum absolute atomic E-state index is 0.829. The van der Waals surface area contributed by atoms with Crippen molar-refractivity contribution in [3.05, 3.63) is 59.7 Å². The highest BCUT2D eigenvalue weighted by atomic mass is 79.9. The van der Waals surface area contributed by atoms with Crippen LogP contribution < -0.4 is 0 Å². The molecule has 3 nitrogen and oxygen atoms in total. The average molecular weight is 347 g/mol. The first-order chi connectivity index (χ1) is 9.96. The van der Waals surface area contributed by atoms with Crippen LogP contribution in [0.3, 0.4) is 0 Å². The van der Waals surface area contributed by atoms with Crippen LogP contribution in [0, 0.1) is 0 Å². The lowest BCUT2D eigenvalue weighted by Crippen LogP contribution is -2.33. The van der Waals surface area contributed by atoms with E-state index in [-0.39, 0.29) is 0 Å². The van der Waals surface area contributed by atoms with Crippen LogP contribution in [-0.2, 0) is 11.9 Å². The van der Waals surface area contributed by atoms with Crippen molar-refractivity contribution in [1.29, 1.82) is 0 Å². The topological polar surface area (TPSA) is 24.7 Å². The Morgan fingerprint density at radius 2 is 1.38 bits per heavy atom. The number of rotatable bonds is 5. The van der Waals surface area contributed by atoms with E-state index < -0.39 is 0 Å². The molecule has 0 amide bonds. The molecule has 0 atom stereocenters. The molecule has 0 spiro atoms. The first kappa shape index (κ1) is 15.9. The molecule has 0 saturated carbocycles. The van der Waals surface area contributed by atoms with Crippen molar-refractivity contribution in [2.45, 2.75) is 11.9 Å². The van der Waals surface area contributed by atoms with Crippen LogP contribution in [0.15, 0.2) is 58.8 Å². The zero-order chi connectivity index (χ0) is 15.3. The Hall–Kier alpha value is -1.52. The molecule has 110 valence electrons. The van der Waals surface area contributed by atoms with Gasteiger partial charge in [0.15, 0.2) is 0 Å². The summed E-state index contributed by atoms with van der Waals surface area (Å²) in [5.41, 5.74) is 4.24. The summed E-state index contributed by atoms with van der Waals surface area (Å²) in [4.78, 5) is 0. The van der Waals surface area contributed by atoms with Gasteiger partial charge in [-0.15, -0.1) is 0 Å². The molecular weight excluding hydrogens is 326 g/mol. The lowest BCUT2D eigenvalue weighted by atomic mass is 10.2. The molecule has 0 unspecified atom stereocenters. The predicted octanol–water partition coefficient (Wildman–Crippen LogP) is 5.20. The van der Waals surface area contributed by atoms with Crippen molar-refractivity contribution in [3.8, 4) is 0 Å². The molecular formula is C17H21BrN3+. The fourth-order valence-corrected chi connectivity index (χ4v) is 2.43. The molecule has 2 aromatic carbocycles. The Kier molecular flexibility index (Phi) is 5.26. The zero-order valence-corrected chi connectivity index (χ0v) is 14.3. The first-order valence-corrected chi connectivity index (χ1v) is 8.04. The second-order valence-corrected chi connectivity index (χ2v) is 6.68. The fourth-order valence-electron chi connectivity index (χ4n) is 2.08. The average Bonchev–Trinajstić information content (AvgIpc) is 2.44. The third kappa shape index (κ3) is 5.40. The molecule has 4 heteroatoms. The lowest BCUT2D eigenvalue weighted by molar-refractivity contribution is -0.884. The van der Waals surface area contributed by atoms with Gasteiger partial charge in [0.05, 0.1) is 32.5 Å². The zero-order valence-electron chi connectivity index (χ0n) is 12.8. The SMILES string of the molecule is C[N+](C)(C)Cc1cccc(N=Nc2cccc(CBr)c2)c1. The van der Waals surface area contributed by atoms with E-state index in [1.54, 1.807) is 0 Å². The molecule has 0 saturated heterocycles. The summed E-state index contributed by atoms with van der Waals surface area (Å²) in [6.45, 7) is 0.975. The number of benzene rings is 2. The van der Waals surface area contributed by atoms with Gasteiger partial charge in [0.1, 0.15) is 6.54 Å². The number of azo groups is 1. The van der Waals surface area contributed by atoms with Crippen LogP contribution in [0.4, 0.5) is 11.4 Å². The maximum absolute atomic E-state index is 4.35. The Morgan fingerprint density at radius 3 is 1.90 bits per heavy atom. The Labute approximate surface area is 135 Å². The molecule has 0 bridgehead atoms. The third-order valence-corrected chi connectivity index (χ3v) is 3.56. The molecule has 2 aromatic rings. The molecule has 0 aliphatic carbocycles. The Morgan fingerprint density at radius 1 is 0.857 bits per heavy atom. The van der Waals surface area contributed by atoms with Crippen LogP contribution in [0.2, 0.25) is 0 Å². The lowest BCUT2D eigenvalue weighted by Gasteiger charge is -2.23. The van der Waals surface area contributed by atoms with E-state index in [1.165, 1.54) is 11.1 Å². The summed E-state index contributed by atoms with van der Waals surface area (Å²) in [7, 11) is 6.54. The van der Waals surface area contributed by atoms with E-state index in [9.17, 15) is 0 Å². The predicted molar refractivity (Wildman–Crippen MR) is 91.4 cm³/mol. The van der Waals surface area contributed by atoms with E-state index in [0.29, 0.717) is 0 Å². The second kappa shape index (κ2) is 6.96. The summed E-state index contributed by atoms with van der Waals surface area (Å²) in [6.07, 6.45) is 0. The van der Waals surface area contributed by atoms with Gasteiger partial charge in [-0.1, -0.05) is 40.2 Å². The molecule has 0 fully saturated rings. The van der Waals surface area contributed by atoms with Gasteiger partial charge in [-0.05, 0) is 29.8 Å². The van der Waals surface area contributed by atoms with Gasteiger partial charge in [0, 0.05) is 10.9 Å². The number of nitrogens with zero attached hydrogens (tertiary/aromatic N) is 3. The van der Waals surface area contributed by atoms with Crippen molar-refractivity contribution in [1.82, 2.24) is 0 Å². The summed E-state index contributed by atoms with van der Waals surface area (Å²) < 4.78 is 0.897. The van der Waals surface area contributed by atoms with Crippen molar-refractivity contribution in [2.24, 2.45) is 10.2 Å². The summed E-state index contributed by atoms with van der Waals surface area (Å²) >= 11 is 3.45. The second-order valence-electron chi connectivity index (χ2n) is 6.12. The van der Waals surface area contributed by atoms with Gasteiger partial charge >= 0.3 is 0 Å². The number of hydrogen-bond acceptors (Lipinski definition) is 2. The van der Waals surface area contributed by atoms with Crippen LogP contribution in [-0.4, -0.2) is 25.6 Å². The smallest absolute Gasteiger partial charge is 0.104 e. The fraction of sp³-hybridized carbons (Fsp3) is 0.294. The Bertz CT molecular complexity index is 630. The highest BCUT2D eigenvalue weighted by Crippen LogP contribution is 2.21. The van der Waals surface area contributed by atoms with Crippen molar-refractivity contribution in [3.63, 3.8) is 0 Å². The Balaban J connectivity index is 2.15. The summed E-state index contributed by atoms with van der Waals surface area (Å²) in [6, 6.07) is 16.3. The maximum atomic E-state index is 4.35. The van der Waals surface area contributed by atoms with Crippen LogP contribution in [0.5, 0.6) is 0 Å². The van der Waals surface area contributed by atoms with E-state index in [0.717, 1.165) is 27.7 Å². The van der Waals surface area contributed by atoms with Crippen LogP contribution in [0.25, 0.3) is 0 Å². The van der Waals surface area contributed by atoms with Crippen LogP contribution >= 0.6 is 15.9 Å². The highest BCUT2D eigenvalue weighted by Gasteiger charge is 2.08. The molecule has 0 aliphatic rings. The van der Waals surface area contributed by atoms with Gasteiger partial charge < -0.3 is 4.48 Å². The van der Waals surface area contributed by atoms with Crippen molar-refractivity contribution < 1.29 is 4.48 Å². The number of hydrogen-bond donors (Lipinski definition) is 0. The van der Waals surface area contributed by atoms with E-state index >= 15 is 0 Å². The molecule has 0 aliphatic heterocycles. The molecule has 0 aromatic heterocycles. The van der Waals surface area contributed by atoms with E-state index in [1.807, 2.05) is 30.3 Å². The molecule has 0 heterocycles. The number of halogens is 1. The quantitative estimate of drug-likeness (QED) is 0.403. The maximum Gasteiger partial charge on any atom is 0.104 e. The van der Waals surface area contributed by atoms with Crippen LogP contribution in [0.1, 0.15) is 11.1 Å². The molecule has 2 rings (SSSR count). The largest absolute Gasteiger partial charge is 0.327 e. The molecule has 0 N–H and O–H groups in total. The normalized spacial score (nSPS) is 12.0. The standard InChI is InChI=1S/C17H21BrN3/c1-21(2,3)13-15-7-5-9-17(11-15)20-19-16-8-4-6-14(10-16)12-18/h4-11H,12-13H2,1-3H3/q+1. The summed E-state index contributed by atoms with van der Waals surface area (Å²) in [5.74, 6) is 0. The van der Waals surface area contributed by atoms with Crippen molar-refractivity contribution in [2.75, 3.05) is 21.1 Å². The van der Waals surface area contributed by atoms with Gasteiger partial charge in [0.2, 0.25) is 0 Å². The molecule has 0 radical (unpaired) electrons. The highest BCUT2D eigenvalue weighted by molar-refractivity contribution is 9.08. The summed E-state index contributed by atoms with van der Waals surface area (Å²) in [5, 5.41) is 9.50. The first-order valence-electron chi connectivity index (χ1n) is 6.92. The molecule has 21 heavy (non-hydrogen) atoms. The van der Waals surface area contributed by atoms with Crippen molar-refractivity contribution >= 4 is 27.3 Å². The van der Waals surface area contributed by atoms with Gasteiger partial charge in [-0.3, -0.25) is 0 Å². The van der Waals surface area contributed by atoms with E-state index in [4.69, 9.17) is 0 Å². The monoisotopic (exact) mass is 346 g/mol. The van der Waals surface area contributed by atoms with Gasteiger partial charge in [-0.25, -0.2) is 0 Å². The third-order valence-electron chi connectivity index (χ3n) is 2.91. The number of quaternary nitrogens is 1. The van der Waals surface area contributed by atoms with E-state index in [2.05, 4.69) is 65.5 Å². The van der Waals surface area contributed by atoms with Gasteiger partial charge in [0.25, 0.3) is 0 Å². The minimum atomic E-state index is 0.829. The minimum Gasteiger partial charge on any atom is -0.327 e. The number of alkyl halides is 1.